The van der Waals surface area contributed by atoms with Gasteiger partial charge < -0.3 is 46.1 Å². The molecule has 5 aromatic carbocycles. The zero-order chi connectivity index (χ0) is 44.3. The maximum absolute atomic E-state index is 13.3. The molecule has 3 aliphatic rings. The number of aliphatic hydroxyl groups is 1. The standard InChI is InChI=1S/C52H60N6O6/c53-45-15-8-9-16-46(45)56-49(61)18-7-2-1-6-17-48(60)54-33-38-11-10-12-42(31-38)39-23-25-41(26-24-39)50-63-44(32-47(64-50)40-21-19-37(35-59)20-22-40)34-57-29-27-52(28-30-57)51(62)55-36-58(52)43-13-4-3-5-14-43/h3-5,8-16,19-26,31,44,47,50,59H,1-2,6-7,17-18,27-30,32-36,53H2,(H,54,60)(H,55,62)(H,56,61). The van der Waals surface area contributed by atoms with Crippen LogP contribution in [0.1, 0.15) is 92.4 Å². The second kappa shape index (κ2) is 21.1. The summed E-state index contributed by atoms with van der Waals surface area (Å²) in [4.78, 5) is 42.9. The number of piperidine rings is 1. The van der Waals surface area contributed by atoms with E-state index < -0.39 is 11.8 Å². The number of aliphatic hydroxyl groups excluding tert-OH is 1. The third-order valence-electron chi connectivity index (χ3n) is 12.9. The number of para-hydroxylation sites is 3. The summed E-state index contributed by atoms with van der Waals surface area (Å²) in [6, 6.07) is 41.9. The Bertz CT molecular complexity index is 2330. The fraction of sp³-hybridized carbons (Fsp3) is 0.365. The molecule has 3 heterocycles. The zero-order valence-corrected chi connectivity index (χ0v) is 36.4. The van der Waals surface area contributed by atoms with Gasteiger partial charge in [0.25, 0.3) is 0 Å². The summed E-state index contributed by atoms with van der Waals surface area (Å²) in [7, 11) is 0. The van der Waals surface area contributed by atoms with Gasteiger partial charge in [0.15, 0.2) is 6.29 Å². The number of nitrogens with one attached hydrogen (secondary N) is 3. The van der Waals surface area contributed by atoms with Crippen LogP contribution in [0.3, 0.4) is 0 Å². The van der Waals surface area contributed by atoms with E-state index in [1.165, 1.54) is 0 Å². The van der Waals surface area contributed by atoms with E-state index in [9.17, 15) is 19.5 Å². The van der Waals surface area contributed by atoms with Crippen molar-refractivity contribution >= 4 is 34.8 Å². The van der Waals surface area contributed by atoms with E-state index in [4.69, 9.17) is 15.2 Å². The lowest BCUT2D eigenvalue weighted by Gasteiger charge is -2.45. The number of unbranched alkanes of at least 4 members (excludes halogenated alkanes) is 3. The van der Waals surface area contributed by atoms with Crippen molar-refractivity contribution in [2.24, 2.45) is 0 Å². The number of carbonyl (C=O) groups is 3. The second-order valence-corrected chi connectivity index (χ2v) is 17.3. The van der Waals surface area contributed by atoms with E-state index in [1.54, 1.807) is 12.1 Å². The number of likely N-dealkylation sites (tertiary alicyclic amines) is 1. The van der Waals surface area contributed by atoms with Crippen molar-refractivity contribution in [3.8, 4) is 11.1 Å². The Morgan fingerprint density at radius 2 is 1.45 bits per heavy atom. The lowest BCUT2D eigenvalue weighted by Crippen LogP contribution is -2.57. The number of rotatable bonds is 17. The third-order valence-corrected chi connectivity index (χ3v) is 12.9. The molecule has 0 saturated carbocycles. The minimum Gasteiger partial charge on any atom is -0.397 e. The molecule has 6 N–H and O–H groups in total. The minimum absolute atomic E-state index is 0.0144. The summed E-state index contributed by atoms with van der Waals surface area (Å²) in [5.41, 5.74) is 13.5. The van der Waals surface area contributed by atoms with E-state index in [0.29, 0.717) is 43.9 Å². The maximum atomic E-state index is 13.3. The zero-order valence-electron chi connectivity index (χ0n) is 36.4. The Morgan fingerprint density at radius 3 is 2.19 bits per heavy atom. The van der Waals surface area contributed by atoms with Crippen LogP contribution in [0.15, 0.2) is 127 Å². The first-order chi connectivity index (χ1) is 31.3. The van der Waals surface area contributed by atoms with Crippen LogP contribution in [0.2, 0.25) is 0 Å². The summed E-state index contributed by atoms with van der Waals surface area (Å²) < 4.78 is 13.4. The first-order valence-corrected chi connectivity index (χ1v) is 22.7. The third kappa shape index (κ3) is 11.0. The van der Waals surface area contributed by atoms with Crippen molar-refractivity contribution in [1.82, 2.24) is 15.5 Å². The number of nitrogens with zero attached hydrogens (tertiary/aromatic N) is 2. The normalized spacial score (nSPS) is 19.6. The van der Waals surface area contributed by atoms with Crippen molar-refractivity contribution in [3.05, 3.63) is 150 Å². The molecule has 1 spiro atoms. The van der Waals surface area contributed by atoms with Gasteiger partial charge in [-0.15, -0.1) is 0 Å². The van der Waals surface area contributed by atoms with Gasteiger partial charge in [0, 0.05) is 56.7 Å². The Morgan fingerprint density at radius 1 is 0.750 bits per heavy atom. The molecule has 3 aliphatic heterocycles. The van der Waals surface area contributed by atoms with Crippen LogP contribution in [0.4, 0.5) is 17.1 Å². The number of benzene rings is 5. The van der Waals surface area contributed by atoms with Crippen LogP contribution in [0.25, 0.3) is 11.1 Å². The maximum Gasteiger partial charge on any atom is 0.247 e. The van der Waals surface area contributed by atoms with Crippen molar-refractivity contribution in [2.75, 3.05) is 42.3 Å². The van der Waals surface area contributed by atoms with Crippen LogP contribution in [0.5, 0.6) is 0 Å². The molecule has 0 aliphatic carbocycles. The lowest BCUT2D eigenvalue weighted by atomic mass is 9.85. The van der Waals surface area contributed by atoms with E-state index in [0.717, 1.165) is 97.2 Å². The van der Waals surface area contributed by atoms with Gasteiger partial charge >= 0.3 is 0 Å². The highest BCUT2D eigenvalue weighted by atomic mass is 16.7. The van der Waals surface area contributed by atoms with Gasteiger partial charge in [-0.1, -0.05) is 110 Å². The first-order valence-electron chi connectivity index (χ1n) is 22.7. The predicted molar refractivity (Wildman–Crippen MR) is 250 cm³/mol. The average Bonchev–Trinajstić information content (AvgIpc) is 3.65. The van der Waals surface area contributed by atoms with E-state index in [-0.39, 0.29) is 36.5 Å². The van der Waals surface area contributed by atoms with Gasteiger partial charge in [0.05, 0.1) is 36.9 Å². The molecule has 3 fully saturated rings. The Labute approximate surface area is 376 Å². The summed E-state index contributed by atoms with van der Waals surface area (Å²) >= 11 is 0. The number of anilines is 3. The Kier molecular flexibility index (Phi) is 14.7. The molecule has 3 atom stereocenters. The van der Waals surface area contributed by atoms with E-state index >= 15 is 0 Å². The molecule has 8 rings (SSSR count). The summed E-state index contributed by atoms with van der Waals surface area (Å²) in [5, 5.41) is 18.7. The highest BCUT2D eigenvalue weighted by Crippen LogP contribution is 2.40. The number of hydrogen-bond donors (Lipinski definition) is 5. The molecular weight excluding hydrogens is 805 g/mol. The van der Waals surface area contributed by atoms with Crippen LogP contribution in [-0.4, -0.2) is 65.7 Å². The van der Waals surface area contributed by atoms with Crippen molar-refractivity contribution in [2.45, 2.75) is 95.0 Å². The molecule has 3 unspecified atom stereocenters. The molecule has 0 aromatic heterocycles. The molecule has 0 bridgehead atoms. The molecule has 12 nitrogen and oxygen atoms in total. The highest BCUT2D eigenvalue weighted by Gasteiger charge is 2.50. The van der Waals surface area contributed by atoms with Gasteiger partial charge in [0.2, 0.25) is 17.7 Å². The highest BCUT2D eigenvalue weighted by molar-refractivity contribution is 5.94. The number of nitrogen functional groups attached to an aromatic ring is 1. The fourth-order valence-corrected chi connectivity index (χ4v) is 9.19. The lowest BCUT2D eigenvalue weighted by molar-refractivity contribution is -0.253. The summed E-state index contributed by atoms with van der Waals surface area (Å²) in [6.45, 7) is 3.24. The largest absolute Gasteiger partial charge is 0.397 e. The smallest absolute Gasteiger partial charge is 0.247 e. The molecule has 12 heteroatoms. The van der Waals surface area contributed by atoms with Gasteiger partial charge in [-0.3, -0.25) is 14.4 Å². The molecular formula is C52H60N6O6. The number of ether oxygens (including phenoxy) is 2. The van der Waals surface area contributed by atoms with E-state index in [1.807, 2.05) is 66.7 Å². The topological polar surface area (TPSA) is 158 Å². The molecule has 3 amide bonds. The number of amides is 3. The molecule has 334 valence electrons. The van der Waals surface area contributed by atoms with Crippen LogP contribution < -0.4 is 26.6 Å². The Hall–Kier alpha value is -6.05. The monoisotopic (exact) mass is 864 g/mol. The van der Waals surface area contributed by atoms with Gasteiger partial charge in [-0.2, -0.15) is 0 Å². The van der Waals surface area contributed by atoms with Crippen molar-refractivity contribution in [1.29, 1.82) is 0 Å². The molecule has 0 radical (unpaired) electrons. The van der Waals surface area contributed by atoms with Crippen molar-refractivity contribution in [3.63, 3.8) is 0 Å². The van der Waals surface area contributed by atoms with E-state index in [2.05, 4.69) is 74.3 Å². The minimum atomic E-state index is -0.582. The van der Waals surface area contributed by atoms with Crippen LogP contribution in [0, 0.1) is 0 Å². The molecule has 3 saturated heterocycles. The Balaban J connectivity index is 0.836. The predicted octanol–water partition coefficient (Wildman–Crippen LogP) is 8.00. The first kappa shape index (κ1) is 44.6. The van der Waals surface area contributed by atoms with Crippen LogP contribution in [-0.2, 0) is 37.0 Å². The number of hydrogen-bond acceptors (Lipinski definition) is 9. The number of carbonyl (C=O) groups excluding carboxylic acids is 3. The number of nitrogens with two attached hydrogens (primary N) is 1. The quantitative estimate of drug-likeness (QED) is 0.0462. The summed E-state index contributed by atoms with van der Waals surface area (Å²) in [6.07, 6.45) is 5.41. The van der Waals surface area contributed by atoms with Gasteiger partial charge in [-0.05, 0) is 83.8 Å². The second-order valence-electron chi connectivity index (χ2n) is 17.3. The van der Waals surface area contributed by atoms with Crippen LogP contribution >= 0.6 is 0 Å². The van der Waals surface area contributed by atoms with Gasteiger partial charge in [0.1, 0.15) is 5.54 Å². The van der Waals surface area contributed by atoms with Gasteiger partial charge in [-0.25, -0.2) is 0 Å². The SMILES string of the molecule is Nc1ccccc1NC(=O)CCCCCCC(=O)NCc1cccc(-c2ccc(C3OC(CN4CCC5(CC4)C(=O)NCN5c4ccccc4)CC(c4ccc(CO)cc4)O3)cc2)c1. The fourth-order valence-electron chi connectivity index (χ4n) is 9.19. The molecule has 64 heavy (non-hydrogen) atoms. The molecule has 5 aromatic rings. The summed E-state index contributed by atoms with van der Waals surface area (Å²) in [5.74, 6) is 0.0698. The average molecular weight is 865 g/mol. The van der Waals surface area contributed by atoms with Crippen molar-refractivity contribution < 1.29 is 29.0 Å².